The van der Waals surface area contributed by atoms with Crippen LogP contribution in [-0.4, -0.2) is 192 Å². The van der Waals surface area contributed by atoms with Crippen molar-refractivity contribution in [2.24, 2.45) is 0 Å². The number of alkyl halides is 12. The van der Waals surface area contributed by atoms with Crippen LogP contribution in [0.15, 0.2) is 125 Å². The number of thioether (sulfide) groups is 2. The minimum absolute atomic E-state index is 0.0188. The van der Waals surface area contributed by atoms with Crippen molar-refractivity contribution in [3.63, 3.8) is 0 Å². The monoisotopic (exact) mass is 1880 g/mol. The van der Waals surface area contributed by atoms with E-state index in [-0.39, 0.29) is 69.1 Å². The van der Waals surface area contributed by atoms with Crippen LogP contribution in [0.25, 0.3) is 14.5 Å². The first-order chi connectivity index (χ1) is 54.1. The van der Waals surface area contributed by atoms with E-state index in [4.69, 9.17) is 56.3 Å². The van der Waals surface area contributed by atoms with Gasteiger partial charge in [-0.1, -0.05) is 78.6 Å². The van der Waals surface area contributed by atoms with Crippen LogP contribution in [0, 0.1) is 19.7 Å². The van der Waals surface area contributed by atoms with Gasteiger partial charge in [-0.15, -0.1) is 23.5 Å². The average Bonchev–Trinajstić information content (AvgIpc) is 1.70. The molecule has 0 aromatic heterocycles. The first-order valence-corrected chi connectivity index (χ1v) is 39.6. The van der Waals surface area contributed by atoms with Crippen LogP contribution in [0.1, 0.15) is 96.8 Å². The van der Waals surface area contributed by atoms with Crippen LogP contribution >= 0.6 is 71.3 Å². The fraction of sp³-hybridized carbons (Fsp3) is 0.413. The number of carboxylic acids is 3. The van der Waals surface area contributed by atoms with E-state index in [9.17, 15) is 98.0 Å². The Hall–Kier alpha value is -9.55. The van der Waals surface area contributed by atoms with Crippen molar-refractivity contribution in [1.82, 2.24) is 15.1 Å². The SMILES string of the molecule is C=C(C)C(=O)N1CCCC1C(=O)O.C[C@@](O)(CBr)C(=O)O.C[C@]1(CBr)OC(=O)[C@@H]2CCCN2C1=O.O=C(O)C1CCCN1.[C-]#[N+]c1ccc(NC(=O)C(C)(O)CBr)cc1C(F)(F)F.[C-]#[N+]c1ccc(NC(=O)C(C)(O)CSc2ccc(N)cc2)cc1C(F)(F)F.[C-]#[N+]c1ccc(NC(=O)C(C)(O)CSc2cccc(N)c2)cc1C(F)(F)F. The molecule has 5 aromatic carbocycles. The predicted octanol–water partition coefficient (Wildman–Crippen LogP) is 13.3. The Labute approximate surface area is 699 Å². The minimum Gasteiger partial charge on any atom is -0.480 e. The van der Waals surface area contributed by atoms with Crippen LogP contribution < -0.4 is 32.7 Å². The van der Waals surface area contributed by atoms with E-state index >= 15 is 0 Å². The van der Waals surface area contributed by atoms with Crippen LogP contribution in [0.2, 0.25) is 0 Å². The number of rotatable bonds is 19. The van der Waals surface area contributed by atoms with Crippen molar-refractivity contribution >= 4 is 170 Å². The average molecular weight is 1890 g/mol. The fourth-order valence-electron chi connectivity index (χ4n) is 9.86. The molecule has 5 amide bonds. The Kier molecular flexibility index (Phi) is 38.5. The molecule has 5 unspecified atom stereocenters. The summed E-state index contributed by atoms with van der Waals surface area (Å²) in [6.45, 7) is 34.1. The number of amides is 5. The van der Waals surface area contributed by atoms with E-state index < -0.39 is 122 Å². The molecule has 15 N–H and O–H groups in total. The largest absolute Gasteiger partial charge is 0.480 e. The molecule has 636 valence electrons. The van der Waals surface area contributed by atoms with Gasteiger partial charge >= 0.3 is 42.4 Å². The van der Waals surface area contributed by atoms with Gasteiger partial charge in [0.1, 0.15) is 34.9 Å². The van der Waals surface area contributed by atoms with E-state index in [2.05, 4.69) is 90.2 Å². The van der Waals surface area contributed by atoms with Crippen LogP contribution in [0.4, 0.5) is 85.0 Å². The highest BCUT2D eigenvalue weighted by Crippen LogP contribution is 2.42. The summed E-state index contributed by atoms with van der Waals surface area (Å²) in [7, 11) is 0. The van der Waals surface area contributed by atoms with Gasteiger partial charge in [0, 0.05) is 79.1 Å². The first kappa shape index (κ1) is 102. The number of hydrogen-bond acceptors (Lipinski definition) is 19. The molecule has 0 spiro atoms. The number of nitrogens with one attached hydrogen (secondary N) is 4. The maximum atomic E-state index is 13.0. The minimum atomic E-state index is -4.73. The van der Waals surface area contributed by atoms with Crippen molar-refractivity contribution in [3.05, 3.63) is 166 Å². The summed E-state index contributed by atoms with van der Waals surface area (Å²) in [6, 6.07) is 20.9. The van der Waals surface area contributed by atoms with E-state index in [1.54, 1.807) is 67.3 Å². The van der Waals surface area contributed by atoms with E-state index in [0.717, 1.165) is 66.6 Å². The molecule has 0 radical (unpaired) electrons. The Bertz CT molecular complexity index is 4520. The second-order valence-corrected chi connectivity index (χ2v) is 30.8. The topological polar surface area (TPSA) is 424 Å². The Morgan fingerprint density at radius 1 is 0.590 bits per heavy atom. The first-order valence-electron chi connectivity index (χ1n) is 34.3. The number of benzene rings is 5. The molecule has 4 heterocycles. The number of carbonyl (C=O) groups excluding carboxylic acids is 6. The molecule has 8 atom stereocenters. The Morgan fingerprint density at radius 2 is 1.02 bits per heavy atom. The number of ether oxygens (including phenoxy) is 1. The van der Waals surface area contributed by atoms with Gasteiger partial charge in [-0.25, -0.2) is 28.9 Å². The highest BCUT2D eigenvalue weighted by molar-refractivity contribution is 9.09. The number of nitrogens with two attached hydrogens (primary N) is 2. The van der Waals surface area contributed by atoms with Gasteiger partial charge in [-0.2, -0.15) is 39.5 Å². The van der Waals surface area contributed by atoms with Crippen LogP contribution in [0.3, 0.4) is 0 Å². The summed E-state index contributed by atoms with van der Waals surface area (Å²) in [5, 5.41) is 74.3. The molecular weight excluding hydrogens is 1800 g/mol. The van der Waals surface area contributed by atoms with Crippen molar-refractivity contribution in [2.45, 2.75) is 155 Å². The number of nitrogen functional groups attached to an aromatic ring is 2. The molecule has 0 saturated carbocycles. The number of hydrogen-bond donors (Lipinski definition) is 13. The third-order valence-corrected chi connectivity index (χ3v) is 22.5. The predicted molar refractivity (Wildman–Crippen MR) is 429 cm³/mol. The summed E-state index contributed by atoms with van der Waals surface area (Å²) in [4.78, 5) is 115. The third kappa shape index (κ3) is 31.4. The summed E-state index contributed by atoms with van der Waals surface area (Å²) in [5.74, 6) is -6.05. The van der Waals surface area contributed by atoms with Gasteiger partial charge in [-0.3, -0.25) is 28.8 Å². The molecule has 28 nitrogen and oxygen atoms in total. The number of halogens is 12. The van der Waals surface area contributed by atoms with Crippen molar-refractivity contribution in [2.75, 3.05) is 74.5 Å². The standard InChI is InChI=1S/2C18H16F3N3O2S.C12H10BrF3N2O2.C9H12BrNO3.C9H13NO3.C5H9NO2.C4H7BrO3/c1-17(26,10-27-13-6-3-11(22)4-7-13)16(25)24-12-5-8-15(23-2)14(9-12)18(19,20)21;1-17(26,10-27-13-5-3-4-11(22)8-13)16(25)24-12-6-7-15(23-2)14(9-12)18(19,20)21;1-11(20,6-13)10(19)18-7-3-4-9(17-2)8(5-7)12(14,15)16;1-9(5-10)8(13)11-4-2-3-6(11)7(12)14-9;1-6(2)8(11)10-5-3-4-7(10)9(12)13;7-5(8)4-2-1-3-6-4;1-4(8,2-5)3(6)7/h2*3-9,26H,10,22H2,1H3,(H,24,25);3-5,20H,6H2,1H3,(H,18,19);6H,2-5H2,1H3;7H,1,3-5H2,2H3,(H,12,13);4,6H,1-3H2,(H,7,8);8H,2H2,1H3,(H,6,7)/t;;;6-,9+;;;4-/m...0..1/s1. The maximum Gasteiger partial charge on any atom is 0.407 e. The normalized spacial score (nSPS) is 18.6. The number of esters is 1. The smallest absolute Gasteiger partial charge is 0.407 e. The molecule has 4 fully saturated rings. The van der Waals surface area contributed by atoms with Crippen LogP contribution in [-0.2, 0) is 66.4 Å². The number of aliphatic carboxylic acids is 3. The Morgan fingerprint density at radius 3 is 1.36 bits per heavy atom. The zero-order valence-corrected chi connectivity index (χ0v) is 69.5. The molecule has 5 aromatic rings. The quantitative estimate of drug-likeness (QED) is 0.00694. The number of carboxylic acid groups (broad SMARTS) is 3. The summed E-state index contributed by atoms with van der Waals surface area (Å²) >= 11 is 11.4. The number of likely N-dealkylation sites (tertiary alicyclic amines) is 1. The number of aliphatic hydroxyl groups is 4. The Balaban J connectivity index is 0.000000368. The summed E-state index contributed by atoms with van der Waals surface area (Å²) < 4.78 is 121. The number of cyclic esters (lactones) is 1. The molecule has 4 saturated heterocycles. The fourth-order valence-corrected chi connectivity index (χ4v) is 12.6. The lowest BCUT2D eigenvalue weighted by Crippen LogP contribution is -2.60. The van der Waals surface area contributed by atoms with E-state index in [1.807, 2.05) is 0 Å². The summed E-state index contributed by atoms with van der Waals surface area (Å²) in [5.41, 5.74) is -0.868. The van der Waals surface area contributed by atoms with Gasteiger partial charge < -0.3 is 83.0 Å². The van der Waals surface area contributed by atoms with E-state index in [1.165, 1.54) is 74.3 Å². The van der Waals surface area contributed by atoms with Gasteiger partial charge in [-0.05, 0) is 165 Å². The lowest BCUT2D eigenvalue weighted by molar-refractivity contribution is -0.185. The third-order valence-electron chi connectivity index (χ3n) is 16.6. The molecule has 117 heavy (non-hydrogen) atoms. The lowest BCUT2D eigenvalue weighted by atomic mass is 10.0. The zero-order chi connectivity index (χ0) is 89.2. The zero-order valence-electron chi connectivity index (χ0n) is 63.1. The van der Waals surface area contributed by atoms with Crippen molar-refractivity contribution in [3.8, 4) is 0 Å². The molecular formula is C75H83Br3F9N11O17S2. The van der Waals surface area contributed by atoms with E-state index in [0.29, 0.717) is 60.0 Å². The summed E-state index contributed by atoms with van der Waals surface area (Å²) in [6.07, 6.45) is -9.43. The molecule has 0 bridgehead atoms. The molecule has 4 aliphatic rings. The van der Waals surface area contributed by atoms with Crippen LogP contribution in [0.5, 0.6) is 0 Å². The van der Waals surface area contributed by atoms with Gasteiger partial charge in [0.15, 0.2) is 28.3 Å². The molecule has 42 heteroatoms. The highest BCUT2D eigenvalue weighted by Gasteiger charge is 2.51. The van der Waals surface area contributed by atoms with Gasteiger partial charge in [0.05, 0.1) is 41.7 Å². The number of nitrogens with zero attached hydrogens (tertiary/aromatic N) is 5. The maximum absolute atomic E-state index is 13.0. The molecule has 0 aliphatic carbocycles. The van der Waals surface area contributed by atoms with Gasteiger partial charge in [0.2, 0.25) is 5.91 Å². The highest BCUT2D eigenvalue weighted by atomic mass is 79.9. The number of morpholine rings is 1. The number of anilines is 5. The number of fused-ring (bicyclic) bond motifs is 1. The second kappa shape index (κ2) is 44.3. The molecule has 9 rings (SSSR count). The van der Waals surface area contributed by atoms with Crippen molar-refractivity contribution < 1.29 is 123 Å². The lowest BCUT2D eigenvalue weighted by Gasteiger charge is -2.39. The second-order valence-electron chi connectivity index (χ2n) is 27.0. The van der Waals surface area contributed by atoms with Crippen molar-refractivity contribution in [1.29, 1.82) is 0 Å². The van der Waals surface area contributed by atoms with Gasteiger partial charge in [0.25, 0.3) is 23.6 Å². The molecule has 4 aliphatic heterocycles. The number of carbonyl (C=O) groups is 9.